The Morgan fingerprint density at radius 3 is 2.28 bits per heavy atom. The Morgan fingerprint density at radius 1 is 0.846 bits per heavy atom. The fourth-order valence-corrected chi connectivity index (χ4v) is 4.47. The van der Waals surface area contributed by atoms with Gasteiger partial charge in [0.1, 0.15) is 24.1 Å². The van der Waals surface area contributed by atoms with Crippen molar-refractivity contribution < 1.29 is 19.1 Å². The van der Waals surface area contributed by atoms with E-state index in [0.29, 0.717) is 17.3 Å². The molecule has 6 nitrogen and oxygen atoms in total. The number of methoxy groups -OCH3 is 1. The highest BCUT2D eigenvalue weighted by atomic mass is 35.5. The maximum atomic E-state index is 13.1. The molecule has 7 heteroatoms. The number of hydrogen-bond donors (Lipinski definition) is 2. The van der Waals surface area contributed by atoms with E-state index in [2.05, 4.69) is 10.3 Å². The maximum Gasteiger partial charge on any atom is 0.328 e. The number of fused-ring (bicyclic) bond motifs is 1. The van der Waals surface area contributed by atoms with Crippen LogP contribution in [0.5, 0.6) is 5.75 Å². The Balaban J connectivity index is 1.26. The number of aromatic nitrogens is 1. The van der Waals surface area contributed by atoms with Crippen molar-refractivity contribution >= 4 is 34.4 Å². The molecule has 0 saturated heterocycles. The van der Waals surface area contributed by atoms with Gasteiger partial charge in [-0.15, -0.1) is 0 Å². The first-order valence-electron chi connectivity index (χ1n) is 12.5. The molecular formula is C32H27ClN2O4. The van der Waals surface area contributed by atoms with Crippen molar-refractivity contribution in [2.75, 3.05) is 7.11 Å². The molecule has 0 spiro atoms. The van der Waals surface area contributed by atoms with E-state index in [1.165, 1.54) is 7.11 Å². The van der Waals surface area contributed by atoms with Gasteiger partial charge in [-0.2, -0.15) is 0 Å². The fraction of sp³-hybridized carbons (Fsp3) is 0.125. The molecule has 1 amide bonds. The molecule has 1 atom stereocenters. The number of halogens is 1. The molecule has 0 bridgehead atoms. The third-order valence-corrected chi connectivity index (χ3v) is 6.70. The Morgan fingerprint density at radius 2 is 1.56 bits per heavy atom. The zero-order chi connectivity index (χ0) is 27.2. The second-order valence-corrected chi connectivity index (χ2v) is 9.60. The number of nitrogens with one attached hydrogen (secondary N) is 2. The predicted molar refractivity (Wildman–Crippen MR) is 153 cm³/mol. The van der Waals surface area contributed by atoms with E-state index in [9.17, 15) is 9.59 Å². The first-order chi connectivity index (χ1) is 19.0. The van der Waals surface area contributed by atoms with Crippen LogP contribution in [0.15, 0.2) is 103 Å². The summed E-state index contributed by atoms with van der Waals surface area (Å²) in [6.45, 7) is 0.465. The molecule has 0 aliphatic rings. The van der Waals surface area contributed by atoms with E-state index in [4.69, 9.17) is 21.1 Å². The van der Waals surface area contributed by atoms with Crippen LogP contribution in [-0.4, -0.2) is 30.0 Å². The average Bonchev–Trinajstić information content (AvgIpc) is 3.41. The van der Waals surface area contributed by atoms with Crippen LogP contribution >= 0.6 is 11.6 Å². The van der Waals surface area contributed by atoms with E-state index in [1.54, 1.807) is 6.07 Å². The summed E-state index contributed by atoms with van der Waals surface area (Å²) in [4.78, 5) is 28.8. The second kappa shape index (κ2) is 11.9. The highest BCUT2D eigenvalue weighted by molar-refractivity contribution is 6.30. The van der Waals surface area contributed by atoms with Gasteiger partial charge < -0.3 is 19.8 Å². The zero-order valence-corrected chi connectivity index (χ0v) is 22.1. The SMILES string of the molecule is COC(=O)[C@H](Cc1ccc(OCc2ccccc2)cc1)NC(=O)c1cc2ccc(-c3ccc(Cl)cc3)cc2[nH]1. The quantitative estimate of drug-likeness (QED) is 0.208. The van der Waals surface area contributed by atoms with Gasteiger partial charge in [0.25, 0.3) is 5.91 Å². The average molecular weight is 539 g/mol. The molecule has 0 fully saturated rings. The summed E-state index contributed by atoms with van der Waals surface area (Å²) >= 11 is 6.01. The second-order valence-electron chi connectivity index (χ2n) is 9.16. The lowest BCUT2D eigenvalue weighted by Crippen LogP contribution is -2.43. The van der Waals surface area contributed by atoms with Gasteiger partial charge in [-0.3, -0.25) is 4.79 Å². The summed E-state index contributed by atoms with van der Waals surface area (Å²) in [6, 6.07) is 31.8. The standard InChI is InChI=1S/C32H27ClN2O4/c1-38-32(37)30(17-21-7-15-27(16-8-21)39-20-22-5-3-2-4-6-22)35-31(36)29-19-25-10-9-24(18-28(25)34-29)23-11-13-26(33)14-12-23/h2-16,18-19,30,34H,17,20H2,1H3,(H,35,36)/t30-/m0/s1. The van der Waals surface area contributed by atoms with Gasteiger partial charge in [0, 0.05) is 22.3 Å². The first-order valence-corrected chi connectivity index (χ1v) is 12.9. The van der Waals surface area contributed by atoms with Crippen LogP contribution in [0.2, 0.25) is 5.02 Å². The van der Waals surface area contributed by atoms with Crippen molar-refractivity contribution in [2.45, 2.75) is 19.1 Å². The minimum atomic E-state index is -0.852. The summed E-state index contributed by atoms with van der Waals surface area (Å²) in [5.41, 5.74) is 5.13. The molecule has 5 aromatic rings. The number of carbonyl (C=O) groups excluding carboxylic acids is 2. The summed E-state index contributed by atoms with van der Waals surface area (Å²) in [7, 11) is 1.31. The van der Waals surface area contributed by atoms with Crippen LogP contribution < -0.4 is 10.1 Å². The lowest BCUT2D eigenvalue weighted by molar-refractivity contribution is -0.142. The van der Waals surface area contributed by atoms with Crippen molar-refractivity contribution in [3.05, 3.63) is 125 Å². The third kappa shape index (κ3) is 6.48. The number of amides is 1. The molecule has 1 aromatic heterocycles. The molecule has 0 saturated carbocycles. The Kier molecular flexibility index (Phi) is 7.94. The number of esters is 1. The zero-order valence-electron chi connectivity index (χ0n) is 21.3. The highest BCUT2D eigenvalue weighted by Crippen LogP contribution is 2.26. The molecule has 0 unspecified atom stereocenters. The molecule has 196 valence electrons. The predicted octanol–water partition coefficient (Wildman–Crippen LogP) is 6.58. The van der Waals surface area contributed by atoms with Gasteiger partial charge in [-0.25, -0.2) is 4.79 Å². The molecule has 4 aromatic carbocycles. The normalized spacial score (nSPS) is 11.6. The molecule has 2 N–H and O–H groups in total. The minimum Gasteiger partial charge on any atom is -0.489 e. The number of ether oxygens (including phenoxy) is 2. The third-order valence-electron chi connectivity index (χ3n) is 6.45. The van der Waals surface area contributed by atoms with Gasteiger partial charge >= 0.3 is 5.97 Å². The summed E-state index contributed by atoms with van der Waals surface area (Å²) in [6.07, 6.45) is 0.276. The van der Waals surface area contributed by atoms with E-state index in [1.807, 2.05) is 97.1 Å². The molecule has 0 aliphatic heterocycles. The van der Waals surface area contributed by atoms with Gasteiger partial charge in [0.05, 0.1) is 7.11 Å². The Labute approximate surface area is 231 Å². The van der Waals surface area contributed by atoms with Crippen LogP contribution in [0.3, 0.4) is 0 Å². The van der Waals surface area contributed by atoms with Gasteiger partial charge in [-0.05, 0) is 58.7 Å². The highest BCUT2D eigenvalue weighted by Gasteiger charge is 2.23. The molecular weight excluding hydrogens is 512 g/mol. The number of H-pyrrole nitrogens is 1. The smallest absolute Gasteiger partial charge is 0.328 e. The number of carbonyl (C=O) groups is 2. The van der Waals surface area contributed by atoms with E-state index >= 15 is 0 Å². The Bertz CT molecular complexity index is 1580. The van der Waals surface area contributed by atoms with E-state index in [0.717, 1.165) is 38.9 Å². The lowest BCUT2D eigenvalue weighted by atomic mass is 10.0. The van der Waals surface area contributed by atoms with Crippen LogP contribution in [0, 0.1) is 0 Å². The maximum absolute atomic E-state index is 13.1. The van der Waals surface area contributed by atoms with Crippen molar-refractivity contribution in [1.82, 2.24) is 10.3 Å². The summed E-state index contributed by atoms with van der Waals surface area (Å²) in [5, 5.41) is 4.38. The van der Waals surface area contributed by atoms with Crippen molar-refractivity contribution in [1.29, 1.82) is 0 Å². The minimum absolute atomic E-state index is 0.276. The van der Waals surface area contributed by atoms with Crippen molar-refractivity contribution in [2.24, 2.45) is 0 Å². The molecule has 5 rings (SSSR count). The van der Waals surface area contributed by atoms with Crippen LogP contribution in [0.1, 0.15) is 21.6 Å². The topological polar surface area (TPSA) is 80.4 Å². The summed E-state index contributed by atoms with van der Waals surface area (Å²) in [5.74, 6) is -0.191. The molecule has 0 aliphatic carbocycles. The lowest BCUT2D eigenvalue weighted by Gasteiger charge is -2.16. The number of benzene rings is 4. The number of rotatable bonds is 9. The molecule has 39 heavy (non-hydrogen) atoms. The summed E-state index contributed by atoms with van der Waals surface area (Å²) < 4.78 is 10.8. The van der Waals surface area contributed by atoms with Crippen molar-refractivity contribution in [3.8, 4) is 16.9 Å². The van der Waals surface area contributed by atoms with Crippen LogP contribution in [0.25, 0.3) is 22.0 Å². The largest absolute Gasteiger partial charge is 0.489 e. The van der Waals surface area contributed by atoms with Crippen LogP contribution in [-0.2, 0) is 22.6 Å². The van der Waals surface area contributed by atoms with Gasteiger partial charge in [0.15, 0.2) is 0 Å². The number of aromatic amines is 1. The van der Waals surface area contributed by atoms with Gasteiger partial charge in [-0.1, -0.05) is 78.3 Å². The van der Waals surface area contributed by atoms with E-state index in [-0.39, 0.29) is 6.42 Å². The van der Waals surface area contributed by atoms with E-state index < -0.39 is 17.9 Å². The van der Waals surface area contributed by atoms with Crippen LogP contribution in [0.4, 0.5) is 0 Å². The Hall–Kier alpha value is -4.55. The fourth-order valence-electron chi connectivity index (χ4n) is 4.34. The first kappa shape index (κ1) is 26.1. The van der Waals surface area contributed by atoms with Crippen molar-refractivity contribution in [3.63, 3.8) is 0 Å². The molecule has 0 radical (unpaired) electrons. The molecule has 1 heterocycles. The monoisotopic (exact) mass is 538 g/mol. The van der Waals surface area contributed by atoms with Gasteiger partial charge in [0.2, 0.25) is 0 Å². The number of hydrogen-bond acceptors (Lipinski definition) is 4.